The summed E-state index contributed by atoms with van der Waals surface area (Å²) in [6.45, 7) is 2.53. The van der Waals surface area contributed by atoms with Gasteiger partial charge in [-0.2, -0.15) is 0 Å². The fourth-order valence-corrected chi connectivity index (χ4v) is 3.06. The van der Waals surface area contributed by atoms with E-state index in [1.165, 1.54) is 18.7 Å². The number of carbonyl (C=O) groups is 2. The van der Waals surface area contributed by atoms with Crippen molar-refractivity contribution in [1.82, 2.24) is 0 Å². The number of rotatable bonds is 5. The van der Waals surface area contributed by atoms with Crippen molar-refractivity contribution in [1.29, 1.82) is 0 Å². The molecule has 0 radical (unpaired) electrons. The fraction of sp³-hybridized carbons (Fsp3) is 0.222. The molecular weight excluding hydrogens is 340 g/mol. The normalized spacial score (nSPS) is 12.4. The Morgan fingerprint density at radius 1 is 1.00 bits per heavy atom. The molecule has 0 saturated heterocycles. The van der Waals surface area contributed by atoms with Gasteiger partial charge in [-0.1, -0.05) is 6.07 Å². The predicted molar refractivity (Wildman–Crippen MR) is 97.5 cm³/mol. The van der Waals surface area contributed by atoms with E-state index in [9.17, 15) is 9.59 Å². The lowest BCUT2D eigenvalue weighted by Crippen LogP contribution is -2.15. The van der Waals surface area contributed by atoms with E-state index in [1.54, 1.807) is 24.3 Å². The number of fused-ring (bicyclic) bond motifs is 1. The van der Waals surface area contributed by atoms with Crippen LogP contribution in [0.1, 0.15) is 6.92 Å². The van der Waals surface area contributed by atoms with Crippen LogP contribution in [0.25, 0.3) is 0 Å². The Morgan fingerprint density at radius 3 is 2.48 bits per heavy atom. The van der Waals surface area contributed by atoms with Crippen LogP contribution in [-0.2, 0) is 9.59 Å². The Hall–Kier alpha value is -2.67. The molecule has 25 heavy (non-hydrogen) atoms. The summed E-state index contributed by atoms with van der Waals surface area (Å²) >= 11 is 1.42. The molecular formula is C18H18N2O4S. The van der Waals surface area contributed by atoms with Gasteiger partial charge in [0.25, 0.3) is 0 Å². The molecule has 2 N–H and O–H groups in total. The first-order chi connectivity index (χ1) is 12.1. The Morgan fingerprint density at radius 2 is 1.72 bits per heavy atom. The summed E-state index contributed by atoms with van der Waals surface area (Å²) in [5, 5.41) is 5.51. The van der Waals surface area contributed by atoms with Gasteiger partial charge in [-0.25, -0.2) is 0 Å². The average Bonchev–Trinajstić information content (AvgIpc) is 2.59. The first-order valence-electron chi connectivity index (χ1n) is 7.80. The number of amides is 2. The van der Waals surface area contributed by atoms with Crippen LogP contribution in [0.5, 0.6) is 11.5 Å². The molecule has 0 saturated carbocycles. The molecule has 2 aromatic carbocycles. The van der Waals surface area contributed by atoms with Crippen LogP contribution in [0.2, 0.25) is 0 Å². The largest absolute Gasteiger partial charge is 0.486 e. The van der Waals surface area contributed by atoms with Gasteiger partial charge in [-0.3, -0.25) is 9.59 Å². The van der Waals surface area contributed by atoms with Gasteiger partial charge in [0.15, 0.2) is 11.5 Å². The minimum atomic E-state index is -0.155. The van der Waals surface area contributed by atoms with Crippen LogP contribution in [-0.4, -0.2) is 30.8 Å². The maximum absolute atomic E-state index is 12.1. The van der Waals surface area contributed by atoms with Gasteiger partial charge in [0, 0.05) is 23.2 Å². The molecule has 0 spiro atoms. The Bertz CT molecular complexity index is 794. The first kappa shape index (κ1) is 17.2. The average molecular weight is 358 g/mol. The highest BCUT2D eigenvalue weighted by molar-refractivity contribution is 8.00. The summed E-state index contributed by atoms with van der Waals surface area (Å²) in [4.78, 5) is 24.2. The third kappa shape index (κ3) is 4.90. The van der Waals surface area contributed by atoms with Crippen molar-refractivity contribution in [3.05, 3.63) is 42.5 Å². The number of anilines is 2. The number of benzene rings is 2. The first-order valence-corrected chi connectivity index (χ1v) is 8.79. The van der Waals surface area contributed by atoms with E-state index in [1.807, 2.05) is 18.2 Å². The predicted octanol–water partition coefficient (Wildman–Crippen LogP) is 3.15. The summed E-state index contributed by atoms with van der Waals surface area (Å²) in [6.07, 6.45) is 0. The smallest absolute Gasteiger partial charge is 0.234 e. The van der Waals surface area contributed by atoms with Gasteiger partial charge in [0.1, 0.15) is 13.2 Å². The number of hydrogen-bond donors (Lipinski definition) is 2. The molecule has 3 rings (SSSR count). The number of carbonyl (C=O) groups excluding carboxylic acids is 2. The number of hydrogen-bond acceptors (Lipinski definition) is 5. The van der Waals surface area contributed by atoms with Gasteiger partial charge >= 0.3 is 0 Å². The van der Waals surface area contributed by atoms with Gasteiger partial charge in [-0.05, 0) is 36.4 Å². The quantitative estimate of drug-likeness (QED) is 0.803. The Balaban J connectivity index is 1.55. The van der Waals surface area contributed by atoms with E-state index in [0.717, 1.165) is 10.6 Å². The number of thioether (sulfide) groups is 1. The molecule has 2 aromatic rings. The molecule has 0 bridgehead atoms. The minimum Gasteiger partial charge on any atom is -0.486 e. The summed E-state index contributed by atoms with van der Waals surface area (Å²) in [6, 6.07) is 12.7. The summed E-state index contributed by atoms with van der Waals surface area (Å²) < 4.78 is 11.0. The van der Waals surface area contributed by atoms with Crippen LogP contribution in [0.15, 0.2) is 47.4 Å². The van der Waals surface area contributed by atoms with E-state index >= 15 is 0 Å². The summed E-state index contributed by atoms with van der Waals surface area (Å²) in [7, 11) is 0. The van der Waals surface area contributed by atoms with Crippen molar-refractivity contribution in [2.24, 2.45) is 0 Å². The molecule has 1 aliphatic heterocycles. The highest BCUT2D eigenvalue weighted by Gasteiger charge is 2.12. The zero-order valence-corrected chi connectivity index (χ0v) is 14.5. The number of nitrogens with one attached hydrogen (secondary N) is 2. The molecule has 7 heteroatoms. The lowest BCUT2D eigenvalue weighted by atomic mass is 10.2. The van der Waals surface area contributed by atoms with Crippen molar-refractivity contribution < 1.29 is 19.1 Å². The molecule has 1 heterocycles. The van der Waals surface area contributed by atoms with Gasteiger partial charge in [0.05, 0.1) is 5.75 Å². The second kappa shape index (κ2) is 7.94. The Labute approximate surface area is 149 Å². The van der Waals surface area contributed by atoms with Crippen LogP contribution in [0, 0.1) is 0 Å². The highest BCUT2D eigenvalue weighted by Crippen LogP contribution is 2.34. The Kier molecular flexibility index (Phi) is 5.45. The van der Waals surface area contributed by atoms with Crippen LogP contribution >= 0.6 is 11.8 Å². The molecule has 0 aromatic heterocycles. The minimum absolute atomic E-state index is 0.125. The molecule has 1 aliphatic rings. The lowest BCUT2D eigenvalue weighted by molar-refractivity contribution is -0.114. The van der Waals surface area contributed by atoms with Crippen molar-refractivity contribution in [3.63, 3.8) is 0 Å². The standard InChI is InChI=1S/C18H18N2O4S/c1-12(21)19-13-3-2-4-14(9-13)20-18(22)11-25-15-5-6-16-17(10-15)24-8-7-23-16/h2-6,9-10H,7-8,11H2,1H3,(H,19,21)(H,20,22). The monoisotopic (exact) mass is 358 g/mol. The molecule has 6 nitrogen and oxygen atoms in total. The lowest BCUT2D eigenvalue weighted by Gasteiger charge is -2.18. The number of ether oxygens (including phenoxy) is 2. The van der Waals surface area contributed by atoms with E-state index in [2.05, 4.69) is 10.6 Å². The zero-order chi connectivity index (χ0) is 17.6. The molecule has 0 unspecified atom stereocenters. The van der Waals surface area contributed by atoms with Crippen molar-refractivity contribution in [3.8, 4) is 11.5 Å². The maximum atomic E-state index is 12.1. The zero-order valence-electron chi connectivity index (χ0n) is 13.7. The van der Waals surface area contributed by atoms with E-state index < -0.39 is 0 Å². The van der Waals surface area contributed by atoms with E-state index in [-0.39, 0.29) is 17.6 Å². The topological polar surface area (TPSA) is 76.7 Å². The molecule has 0 aliphatic carbocycles. The van der Waals surface area contributed by atoms with Crippen LogP contribution in [0.3, 0.4) is 0 Å². The highest BCUT2D eigenvalue weighted by atomic mass is 32.2. The summed E-state index contributed by atoms with van der Waals surface area (Å²) in [5.74, 6) is 1.43. The van der Waals surface area contributed by atoms with Crippen LogP contribution in [0.4, 0.5) is 11.4 Å². The molecule has 130 valence electrons. The van der Waals surface area contributed by atoms with Crippen LogP contribution < -0.4 is 20.1 Å². The van der Waals surface area contributed by atoms with E-state index in [4.69, 9.17) is 9.47 Å². The second-order valence-corrected chi connectivity index (χ2v) is 6.45. The van der Waals surface area contributed by atoms with Gasteiger partial charge in [-0.15, -0.1) is 11.8 Å². The van der Waals surface area contributed by atoms with Gasteiger partial charge in [0.2, 0.25) is 11.8 Å². The SMILES string of the molecule is CC(=O)Nc1cccc(NC(=O)CSc2ccc3c(c2)OCCO3)c1. The maximum Gasteiger partial charge on any atom is 0.234 e. The summed E-state index contributed by atoms with van der Waals surface area (Å²) in [5.41, 5.74) is 1.28. The van der Waals surface area contributed by atoms with Crippen molar-refractivity contribution >= 4 is 35.0 Å². The molecule has 0 fully saturated rings. The van der Waals surface area contributed by atoms with Gasteiger partial charge < -0.3 is 20.1 Å². The third-order valence-electron chi connectivity index (χ3n) is 3.35. The second-order valence-electron chi connectivity index (χ2n) is 5.40. The molecule has 0 atom stereocenters. The van der Waals surface area contributed by atoms with Crippen molar-refractivity contribution in [2.45, 2.75) is 11.8 Å². The molecule has 2 amide bonds. The third-order valence-corrected chi connectivity index (χ3v) is 4.34. The fourth-order valence-electron chi connectivity index (χ4n) is 2.34. The van der Waals surface area contributed by atoms with Crippen molar-refractivity contribution in [2.75, 3.05) is 29.6 Å². The van der Waals surface area contributed by atoms with E-state index in [0.29, 0.717) is 30.3 Å².